The summed E-state index contributed by atoms with van der Waals surface area (Å²) in [5.41, 5.74) is 2.09. The molecule has 0 spiro atoms. The second kappa shape index (κ2) is 11.5. The number of pyridine rings is 1. The number of ether oxygens (including phenoxy) is 1. The van der Waals surface area contributed by atoms with Gasteiger partial charge >= 0.3 is 18.1 Å². The van der Waals surface area contributed by atoms with Crippen LogP contribution in [0.4, 0.5) is 19.1 Å². The largest absolute Gasteiger partial charge is 0.495 e. The number of rotatable bonds is 10. The van der Waals surface area contributed by atoms with Gasteiger partial charge in [0.05, 0.1) is 13.0 Å². The molecular weight excluding hydrogens is 495 g/mol. The first kappa shape index (κ1) is 25.5. The van der Waals surface area contributed by atoms with Gasteiger partial charge < -0.3 is 20.0 Å². The van der Waals surface area contributed by atoms with Crippen LogP contribution in [-0.2, 0) is 19.4 Å². The number of hydrogen-bond donors (Lipinski definition) is 3. The van der Waals surface area contributed by atoms with E-state index in [9.17, 15) is 22.8 Å². The van der Waals surface area contributed by atoms with E-state index in [1.165, 1.54) is 12.4 Å². The Morgan fingerprint density at radius 1 is 1.05 bits per heavy atom. The van der Waals surface area contributed by atoms with Crippen molar-refractivity contribution in [3.8, 4) is 5.75 Å². The van der Waals surface area contributed by atoms with Crippen molar-refractivity contribution in [2.75, 3.05) is 18.5 Å². The fraction of sp³-hybridized carbons (Fsp3) is 0.250. The predicted molar refractivity (Wildman–Crippen MR) is 124 cm³/mol. The quantitative estimate of drug-likeness (QED) is 0.162. The molecule has 0 fully saturated rings. The maximum atomic E-state index is 12.3. The molecule has 0 aliphatic carbocycles. The number of aromatic amines is 2. The summed E-state index contributed by atoms with van der Waals surface area (Å²) in [7, 11) is 0. The number of hydrogen-bond acceptors (Lipinski definition) is 8. The fourth-order valence-corrected chi connectivity index (χ4v) is 3.67. The number of benzene rings is 1. The molecule has 3 aromatic heterocycles. The highest BCUT2D eigenvalue weighted by molar-refractivity contribution is 5.86. The van der Waals surface area contributed by atoms with E-state index in [0.717, 1.165) is 17.3 Å². The lowest BCUT2D eigenvalue weighted by molar-refractivity contribution is -0.285. The maximum Gasteiger partial charge on any atom is 0.495 e. The molecule has 3 heterocycles. The SMILES string of the molecule is O=C(CC(c1ccncc1)c1c[nH]c2cc(OCCCNc3ncc[nH]3)ccc12)OOC(=O)C(F)(F)F. The van der Waals surface area contributed by atoms with E-state index in [4.69, 9.17) is 4.74 Å². The number of fused-ring (bicyclic) bond motifs is 1. The van der Waals surface area contributed by atoms with Gasteiger partial charge in [-0.1, -0.05) is 0 Å². The average molecular weight is 517 g/mol. The predicted octanol–water partition coefficient (Wildman–Crippen LogP) is 4.25. The molecule has 1 aromatic carbocycles. The Morgan fingerprint density at radius 2 is 1.86 bits per heavy atom. The van der Waals surface area contributed by atoms with Crippen LogP contribution < -0.4 is 10.1 Å². The van der Waals surface area contributed by atoms with Crippen molar-refractivity contribution in [3.63, 3.8) is 0 Å². The molecule has 0 bridgehead atoms. The van der Waals surface area contributed by atoms with Crippen LogP contribution in [0.2, 0.25) is 0 Å². The summed E-state index contributed by atoms with van der Waals surface area (Å²) < 4.78 is 42.8. The molecule has 1 unspecified atom stereocenters. The summed E-state index contributed by atoms with van der Waals surface area (Å²) in [6.45, 7) is 1.14. The van der Waals surface area contributed by atoms with E-state index in [-0.39, 0.29) is 6.42 Å². The minimum atomic E-state index is -5.28. The Labute approximate surface area is 208 Å². The number of H-pyrrole nitrogens is 2. The normalized spacial score (nSPS) is 12.2. The third-order valence-corrected chi connectivity index (χ3v) is 5.36. The zero-order valence-corrected chi connectivity index (χ0v) is 19.2. The molecule has 4 rings (SSSR count). The number of aromatic nitrogens is 4. The van der Waals surface area contributed by atoms with E-state index in [2.05, 4.69) is 35.0 Å². The van der Waals surface area contributed by atoms with Crippen LogP contribution in [0.25, 0.3) is 10.9 Å². The molecule has 1 atom stereocenters. The molecular formula is C24H22F3N5O5. The molecule has 0 saturated heterocycles. The molecule has 0 aliphatic heterocycles. The molecule has 3 N–H and O–H groups in total. The van der Waals surface area contributed by atoms with Crippen molar-refractivity contribution < 1.29 is 37.3 Å². The van der Waals surface area contributed by atoms with Crippen LogP contribution in [0.15, 0.2) is 61.3 Å². The number of halogens is 3. The van der Waals surface area contributed by atoms with Crippen molar-refractivity contribution in [1.82, 2.24) is 19.9 Å². The number of alkyl halides is 3. The lowest BCUT2D eigenvalue weighted by Gasteiger charge is -2.16. The second-order valence-electron chi connectivity index (χ2n) is 7.88. The van der Waals surface area contributed by atoms with Crippen molar-refractivity contribution >= 4 is 28.8 Å². The van der Waals surface area contributed by atoms with E-state index < -0.39 is 24.0 Å². The van der Waals surface area contributed by atoms with E-state index in [0.29, 0.717) is 36.0 Å². The first-order valence-corrected chi connectivity index (χ1v) is 11.2. The lowest BCUT2D eigenvalue weighted by Crippen LogP contribution is -2.27. The molecule has 0 radical (unpaired) electrons. The minimum absolute atomic E-state index is 0.386. The summed E-state index contributed by atoms with van der Waals surface area (Å²) in [5.74, 6) is -3.05. The molecule has 37 heavy (non-hydrogen) atoms. The number of nitrogens with one attached hydrogen (secondary N) is 3. The number of anilines is 1. The summed E-state index contributed by atoms with van der Waals surface area (Å²) in [6.07, 6.45) is 3.20. The molecule has 13 heteroatoms. The van der Waals surface area contributed by atoms with Gasteiger partial charge in [0.15, 0.2) is 5.95 Å². The van der Waals surface area contributed by atoms with Crippen LogP contribution >= 0.6 is 0 Å². The average Bonchev–Trinajstić information content (AvgIpc) is 3.55. The minimum Gasteiger partial charge on any atom is -0.493 e. The van der Waals surface area contributed by atoms with E-state index >= 15 is 0 Å². The molecule has 0 amide bonds. The number of imidazole rings is 1. The van der Waals surface area contributed by atoms with Crippen LogP contribution in [0, 0.1) is 0 Å². The summed E-state index contributed by atoms with van der Waals surface area (Å²) in [5, 5.41) is 3.90. The van der Waals surface area contributed by atoms with Crippen molar-refractivity contribution in [3.05, 3.63) is 72.4 Å². The monoisotopic (exact) mass is 517 g/mol. The zero-order chi connectivity index (χ0) is 26.3. The highest BCUT2D eigenvalue weighted by Crippen LogP contribution is 2.35. The van der Waals surface area contributed by atoms with Gasteiger partial charge in [-0.05, 0) is 41.8 Å². The van der Waals surface area contributed by atoms with Crippen molar-refractivity contribution in [1.29, 1.82) is 0 Å². The van der Waals surface area contributed by atoms with Crippen molar-refractivity contribution in [2.45, 2.75) is 24.9 Å². The standard InChI is InChI=1S/C24H22F3N5O5/c25-24(26,27)22(34)37-36-21(33)13-18(15-4-7-28-8-5-15)19-14-32-20-12-16(2-3-17(19)20)35-11-1-6-29-23-30-9-10-31-23/h2-5,7-10,12,14,18,32H,1,6,11,13H2,(H2,29,30,31). The van der Waals surface area contributed by atoms with Crippen LogP contribution in [-0.4, -0.2) is 51.2 Å². The Bertz CT molecular complexity index is 1330. The Balaban J connectivity index is 1.43. The maximum absolute atomic E-state index is 12.3. The molecule has 10 nitrogen and oxygen atoms in total. The molecule has 0 aliphatic rings. The van der Waals surface area contributed by atoms with Gasteiger partial charge in [0.2, 0.25) is 0 Å². The first-order chi connectivity index (χ1) is 17.8. The Hall–Kier alpha value is -4.55. The Morgan fingerprint density at radius 3 is 2.59 bits per heavy atom. The van der Waals surface area contributed by atoms with Crippen LogP contribution in [0.1, 0.15) is 29.9 Å². The smallest absolute Gasteiger partial charge is 0.493 e. The fourth-order valence-electron chi connectivity index (χ4n) is 3.67. The lowest BCUT2D eigenvalue weighted by atomic mass is 9.89. The summed E-state index contributed by atoms with van der Waals surface area (Å²) >= 11 is 0. The molecule has 194 valence electrons. The van der Waals surface area contributed by atoms with Gasteiger partial charge in [0.1, 0.15) is 5.75 Å². The topological polar surface area (TPSA) is 131 Å². The highest BCUT2D eigenvalue weighted by Gasteiger charge is 2.43. The van der Waals surface area contributed by atoms with Gasteiger partial charge in [0.25, 0.3) is 0 Å². The van der Waals surface area contributed by atoms with Gasteiger partial charge in [-0.3, -0.25) is 4.98 Å². The van der Waals surface area contributed by atoms with Gasteiger partial charge in [0, 0.05) is 60.4 Å². The highest BCUT2D eigenvalue weighted by atomic mass is 19.4. The third-order valence-electron chi connectivity index (χ3n) is 5.36. The number of nitrogens with zero attached hydrogens (tertiary/aromatic N) is 2. The van der Waals surface area contributed by atoms with Crippen LogP contribution in [0.3, 0.4) is 0 Å². The van der Waals surface area contributed by atoms with E-state index in [1.54, 1.807) is 36.8 Å². The van der Waals surface area contributed by atoms with Crippen molar-refractivity contribution in [2.24, 2.45) is 0 Å². The van der Waals surface area contributed by atoms with Gasteiger partial charge in [-0.25, -0.2) is 24.3 Å². The zero-order valence-electron chi connectivity index (χ0n) is 19.2. The number of carbonyl (C=O) groups excluding carboxylic acids is 2. The summed E-state index contributed by atoms with van der Waals surface area (Å²) in [6, 6.07) is 8.76. The van der Waals surface area contributed by atoms with Gasteiger partial charge in [-0.2, -0.15) is 13.2 Å². The first-order valence-electron chi connectivity index (χ1n) is 11.2. The van der Waals surface area contributed by atoms with Gasteiger partial charge in [-0.15, -0.1) is 0 Å². The summed E-state index contributed by atoms with van der Waals surface area (Å²) in [4.78, 5) is 45.0. The van der Waals surface area contributed by atoms with E-state index in [1.807, 2.05) is 12.1 Å². The second-order valence-corrected chi connectivity index (χ2v) is 7.88. The molecule has 0 saturated carbocycles. The number of carbonyl (C=O) groups is 2. The Kier molecular flexibility index (Phi) is 7.91. The molecule has 4 aromatic rings. The van der Waals surface area contributed by atoms with Crippen LogP contribution in [0.5, 0.6) is 5.75 Å². The third kappa shape index (κ3) is 6.78.